The fraction of sp³-hybridized carbons (Fsp3) is 0.571. The molecule has 1 atom stereocenters. The maximum Gasteiger partial charge on any atom is 0.277 e. The molecule has 1 N–H and O–H groups in total. The molecule has 0 aromatic carbocycles. The quantitative estimate of drug-likeness (QED) is 0.506. The van der Waals surface area contributed by atoms with E-state index in [1.54, 1.807) is 11.3 Å². The zero-order chi connectivity index (χ0) is 19.3. The first kappa shape index (κ1) is 19.7. The third-order valence-electron chi connectivity index (χ3n) is 5.43. The van der Waals surface area contributed by atoms with Crippen LogP contribution < -0.4 is 5.32 Å². The fourth-order valence-corrected chi connectivity index (χ4v) is 5.57. The molecule has 0 bridgehead atoms. The van der Waals surface area contributed by atoms with Gasteiger partial charge in [0.05, 0.1) is 10.6 Å². The molecule has 0 unspecified atom stereocenters. The van der Waals surface area contributed by atoms with Crippen LogP contribution in [0, 0.1) is 5.92 Å². The molecule has 150 valence electrons. The van der Waals surface area contributed by atoms with E-state index in [0.717, 1.165) is 30.1 Å². The van der Waals surface area contributed by atoms with Crippen LogP contribution in [-0.2, 0) is 17.6 Å². The first-order valence-corrected chi connectivity index (χ1v) is 12.0. The molecular weight excluding hydrogens is 390 g/mol. The van der Waals surface area contributed by atoms with Gasteiger partial charge in [-0.15, -0.1) is 21.5 Å². The minimum Gasteiger partial charge on any atom is -0.410 e. The summed E-state index contributed by atoms with van der Waals surface area (Å²) in [5, 5.41) is 11.7. The van der Waals surface area contributed by atoms with E-state index in [1.165, 1.54) is 59.9 Å². The first-order valence-electron chi connectivity index (χ1n) is 10.2. The number of hydrogen-bond acceptors (Lipinski definition) is 6. The standard InChI is InChI=1S/C21H27N3O2S2/c1-14-7-8-17-16(11-14)12-18(28-17)20-23-24-21(26-20)27-13-19(25)22-10-9-15-5-3-2-4-6-15/h5,12,14H,2-4,6-11,13H2,1H3,(H,22,25)/t14-/m0/s1. The summed E-state index contributed by atoms with van der Waals surface area (Å²) in [6, 6.07) is 2.20. The summed E-state index contributed by atoms with van der Waals surface area (Å²) in [6.45, 7) is 3.01. The van der Waals surface area contributed by atoms with Crippen LogP contribution in [0.4, 0.5) is 0 Å². The molecule has 0 aliphatic heterocycles. The van der Waals surface area contributed by atoms with E-state index >= 15 is 0 Å². The van der Waals surface area contributed by atoms with Gasteiger partial charge in [-0.25, -0.2) is 0 Å². The van der Waals surface area contributed by atoms with Crippen LogP contribution >= 0.6 is 23.1 Å². The lowest BCUT2D eigenvalue weighted by Crippen LogP contribution is -2.26. The Kier molecular flexibility index (Phi) is 6.52. The third-order valence-corrected chi connectivity index (χ3v) is 7.47. The van der Waals surface area contributed by atoms with Gasteiger partial charge in [0.1, 0.15) is 0 Å². The van der Waals surface area contributed by atoms with E-state index in [9.17, 15) is 4.79 Å². The number of carbonyl (C=O) groups excluding carboxylic acids is 1. The number of carbonyl (C=O) groups is 1. The van der Waals surface area contributed by atoms with E-state index < -0.39 is 0 Å². The molecule has 2 heterocycles. The number of thiophene rings is 1. The Morgan fingerprint density at radius 3 is 3.14 bits per heavy atom. The van der Waals surface area contributed by atoms with Crippen LogP contribution in [-0.4, -0.2) is 28.4 Å². The number of aromatic nitrogens is 2. The molecule has 28 heavy (non-hydrogen) atoms. The summed E-state index contributed by atoms with van der Waals surface area (Å²) in [4.78, 5) is 14.6. The van der Waals surface area contributed by atoms with Gasteiger partial charge in [-0.3, -0.25) is 4.79 Å². The first-order chi connectivity index (χ1) is 13.7. The zero-order valence-electron chi connectivity index (χ0n) is 16.3. The monoisotopic (exact) mass is 417 g/mol. The zero-order valence-corrected chi connectivity index (χ0v) is 18.0. The molecular formula is C21H27N3O2S2. The Hall–Kier alpha value is -1.60. The van der Waals surface area contributed by atoms with Gasteiger partial charge in [0.2, 0.25) is 5.91 Å². The van der Waals surface area contributed by atoms with Crippen molar-refractivity contribution in [3.63, 3.8) is 0 Å². The lowest BCUT2D eigenvalue weighted by atomic mass is 9.90. The van der Waals surface area contributed by atoms with E-state index in [4.69, 9.17) is 4.42 Å². The normalized spacial score (nSPS) is 19.2. The second kappa shape index (κ2) is 9.27. The molecule has 0 fully saturated rings. The van der Waals surface area contributed by atoms with Crippen LogP contribution in [0.15, 0.2) is 27.4 Å². The number of fused-ring (bicyclic) bond motifs is 1. The number of thioether (sulfide) groups is 1. The van der Waals surface area contributed by atoms with Crippen molar-refractivity contribution < 1.29 is 9.21 Å². The topological polar surface area (TPSA) is 68.0 Å². The van der Waals surface area contributed by atoms with E-state index in [-0.39, 0.29) is 5.91 Å². The molecule has 4 rings (SSSR count). The van der Waals surface area contributed by atoms with E-state index in [1.807, 2.05) is 0 Å². The number of hydrogen-bond donors (Lipinski definition) is 1. The van der Waals surface area contributed by atoms with E-state index in [0.29, 0.717) is 23.4 Å². The molecule has 2 aromatic rings. The van der Waals surface area contributed by atoms with Crippen molar-refractivity contribution >= 4 is 29.0 Å². The molecule has 5 nitrogen and oxygen atoms in total. The highest BCUT2D eigenvalue weighted by atomic mass is 32.2. The second-order valence-electron chi connectivity index (χ2n) is 7.78. The molecule has 2 aliphatic rings. The van der Waals surface area contributed by atoms with Crippen molar-refractivity contribution in [2.45, 2.75) is 63.5 Å². The summed E-state index contributed by atoms with van der Waals surface area (Å²) < 4.78 is 5.79. The maximum absolute atomic E-state index is 12.1. The predicted octanol–water partition coefficient (Wildman–Crippen LogP) is 5.02. The predicted molar refractivity (Wildman–Crippen MR) is 114 cm³/mol. The molecule has 0 radical (unpaired) electrons. The third kappa shape index (κ3) is 5.06. The van der Waals surface area contributed by atoms with Gasteiger partial charge in [-0.05, 0) is 68.9 Å². The average Bonchev–Trinajstić information content (AvgIpc) is 3.33. The number of allylic oxidation sites excluding steroid dienone is 1. The summed E-state index contributed by atoms with van der Waals surface area (Å²) in [5.74, 6) is 1.64. The van der Waals surface area contributed by atoms with Gasteiger partial charge in [-0.1, -0.05) is 30.3 Å². The maximum atomic E-state index is 12.1. The van der Waals surface area contributed by atoms with Crippen molar-refractivity contribution in [1.29, 1.82) is 0 Å². The fourth-order valence-electron chi connectivity index (χ4n) is 3.85. The van der Waals surface area contributed by atoms with Crippen LogP contribution in [0.2, 0.25) is 0 Å². The molecule has 2 aromatic heterocycles. The number of rotatable bonds is 7. The Balaban J connectivity index is 1.24. The summed E-state index contributed by atoms with van der Waals surface area (Å²) in [7, 11) is 0. The largest absolute Gasteiger partial charge is 0.410 e. The number of nitrogens with one attached hydrogen (secondary N) is 1. The van der Waals surface area contributed by atoms with Crippen LogP contribution in [0.1, 0.15) is 55.9 Å². The van der Waals surface area contributed by atoms with Crippen molar-refractivity contribution in [1.82, 2.24) is 15.5 Å². The van der Waals surface area contributed by atoms with Crippen molar-refractivity contribution in [2.75, 3.05) is 12.3 Å². The summed E-state index contributed by atoms with van der Waals surface area (Å²) in [5.41, 5.74) is 2.91. The minimum atomic E-state index is 0.0155. The highest BCUT2D eigenvalue weighted by molar-refractivity contribution is 7.99. The molecule has 7 heteroatoms. The molecule has 0 saturated heterocycles. The van der Waals surface area contributed by atoms with Gasteiger partial charge >= 0.3 is 0 Å². The summed E-state index contributed by atoms with van der Waals surface area (Å²) in [6.07, 6.45) is 11.8. The highest BCUT2D eigenvalue weighted by Gasteiger charge is 2.21. The number of nitrogens with zero attached hydrogens (tertiary/aromatic N) is 2. The molecule has 1 amide bonds. The highest BCUT2D eigenvalue weighted by Crippen LogP contribution is 2.37. The number of amides is 1. The summed E-state index contributed by atoms with van der Waals surface area (Å²) >= 11 is 3.07. The van der Waals surface area contributed by atoms with Crippen LogP contribution in [0.5, 0.6) is 0 Å². The molecule has 0 saturated carbocycles. The van der Waals surface area contributed by atoms with Gasteiger partial charge in [0.15, 0.2) is 0 Å². The van der Waals surface area contributed by atoms with Gasteiger partial charge in [0, 0.05) is 11.4 Å². The smallest absolute Gasteiger partial charge is 0.277 e. The van der Waals surface area contributed by atoms with Crippen molar-refractivity contribution in [3.05, 3.63) is 28.2 Å². The van der Waals surface area contributed by atoms with Crippen LogP contribution in [0.25, 0.3) is 10.8 Å². The molecule has 0 spiro atoms. The Morgan fingerprint density at radius 1 is 1.36 bits per heavy atom. The lowest BCUT2D eigenvalue weighted by Gasteiger charge is -2.16. The molecule has 2 aliphatic carbocycles. The van der Waals surface area contributed by atoms with Crippen molar-refractivity contribution in [3.8, 4) is 10.8 Å². The lowest BCUT2D eigenvalue weighted by molar-refractivity contribution is -0.118. The van der Waals surface area contributed by atoms with Gasteiger partial charge in [-0.2, -0.15) is 0 Å². The minimum absolute atomic E-state index is 0.0155. The Labute approximate surface area is 174 Å². The number of aryl methyl sites for hydroxylation is 1. The van der Waals surface area contributed by atoms with Crippen molar-refractivity contribution in [2.24, 2.45) is 5.92 Å². The average molecular weight is 418 g/mol. The Morgan fingerprint density at radius 2 is 2.29 bits per heavy atom. The second-order valence-corrected chi connectivity index (χ2v) is 9.84. The SMILES string of the molecule is C[C@H]1CCc2sc(-c3nnc(SCC(=O)NCCC4=CCCCC4)o3)cc2C1. The van der Waals surface area contributed by atoms with Gasteiger partial charge < -0.3 is 9.73 Å². The van der Waals surface area contributed by atoms with Crippen LogP contribution in [0.3, 0.4) is 0 Å². The van der Waals surface area contributed by atoms with E-state index in [2.05, 4.69) is 34.6 Å². The Bertz CT molecular complexity index is 856. The van der Waals surface area contributed by atoms with Gasteiger partial charge in [0.25, 0.3) is 11.1 Å².